The Kier molecular flexibility index (Phi) is 2.67. The molecule has 2 aliphatic rings. The van der Waals surface area contributed by atoms with Crippen LogP contribution in [0.5, 0.6) is 5.75 Å². The molecule has 0 radical (unpaired) electrons. The lowest BCUT2D eigenvalue weighted by Gasteiger charge is -2.13. The highest BCUT2D eigenvalue weighted by molar-refractivity contribution is 9.10. The maximum atomic E-state index is 14.3. The number of hydrogen-bond donors (Lipinski definition) is 1. The fraction of sp³-hybridized carbons (Fsp3) is 0.267. The molecule has 1 saturated carbocycles. The summed E-state index contributed by atoms with van der Waals surface area (Å²) in [5.41, 5.74) is 2.31. The first-order valence-electron chi connectivity index (χ1n) is 7.28. The van der Waals surface area contributed by atoms with Crippen LogP contribution in [-0.2, 0) is 6.54 Å². The van der Waals surface area contributed by atoms with Gasteiger partial charge in [0.1, 0.15) is 24.0 Å². The Hall–Kier alpha value is -2.22. The molecule has 23 heavy (non-hydrogen) atoms. The predicted molar refractivity (Wildman–Crippen MR) is 84.0 cm³/mol. The summed E-state index contributed by atoms with van der Waals surface area (Å²) in [5.74, 6) is 1.49. The molecule has 0 amide bonds. The molecule has 116 valence electrons. The van der Waals surface area contributed by atoms with Gasteiger partial charge in [0.05, 0.1) is 4.47 Å². The van der Waals surface area contributed by atoms with Crippen molar-refractivity contribution in [2.45, 2.75) is 25.0 Å². The number of fused-ring (bicyclic) bond motifs is 4. The zero-order chi connectivity index (χ0) is 15.6. The third-order valence-electron chi connectivity index (χ3n) is 4.35. The molecule has 1 N–H and O–H groups in total. The normalized spacial score (nSPS) is 21.0. The number of nitrogens with zero attached hydrogens (tertiary/aromatic N) is 4. The minimum absolute atomic E-state index is 0.218. The lowest BCUT2D eigenvalue weighted by molar-refractivity contribution is 0.318. The molecule has 0 bridgehead atoms. The van der Waals surface area contributed by atoms with E-state index in [0.717, 1.165) is 22.2 Å². The molecule has 3 heterocycles. The number of anilines is 1. The van der Waals surface area contributed by atoms with Crippen molar-refractivity contribution in [3.05, 3.63) is 46.1 Å². The summed E-state index contributed by atoms with van der Waals surface area (Å²) in [5, 5.41) is 11.1. The van der Waals surface area contributed by atoms with E-state index in [-0.39, 0.29) is 11.9 Å². The van der Waals surface area contributed by atoms with Crippen LogP contribution in [0.3, 0.4) is 0 Å². The second kappa shape index (κ2) is 4.64. The topological polar surface area (TPSA) is 64.3 Å². The van der Waals surface area contributed by atoms with Crippen LogP contribution in [0.25, 0.3) is 5.65 Å². The number of benzene rings is 1. The van der Waals surface area contributed by atoms with Crippen molar-refractivity contribution in [1.29, 1.82) is 0 Å². The summed E-state index contributed by atoms with van der Waals surface area (Å²) < 4.78 is 22.5. The molecule has 0 unspecified atom stereocenters. The fourth-order valence-corrected chi connectivity index (χ4v) is 3.54. The van der Waals surface area contributed by atoms with Gasteiger partial charge in [0, 0.05) is 29.8 Å². The van der Waals surface area contributed by atoms with E-state index in [2.05, 4.69) is 36.4 Å². The Labute approximate surface area is 138 Å². The van der Waals surface area contributed by atoms with E-state index in [1.165, 1.54) is 6.07 Å². The third-order valence-corrected chi connectivity index (χ3v) is 4.91. The van der Waals surface area contributed by atoms with Crippen molar-refractivity contribution in [1.82, 2.24) is 19.6 Å². The van der Waals surface area contributed by atoms with E-state index in [1.807, 2.05) is 0 Å². The molecule has 2 aromatic heterocycles. The van der Waals surface area contributed by atoms with Crippen LogP contribution in [0.1, 0.15) is 23.5 Å². The highest BCUT2D eigenvalue weighted by Gasteiger charge is 2.49. The van der Waals surface area contributed by atoms with Gasteiger partial charge in [-0.05, 0) is 34.5 Å². The van der Waals surface area contributed by atoms with Crippen molar-refractivity contribution in [2.75, 3.05) is 5.32 Å². The van der Waals surface area contributed by atoms with Crippen LogP contribution < -0.4 is 10.1 Å². The minimum atomic E-state index is -0.218. The molecule has 8 heteroatoms. The number of ether oxygens (including phenoxy) is 1. The second-order valence-electron chi connectivity index (χ2n) is 5.74. The van der Waals surface area contributed by atoms with Gasteiger partial charge in [0.15, 0.2) is 5.65 Å². The van der Waals surface area contributed by atoms with Crippen LogP contribution in [0.4, 0.5) is 10.3 Å². The average Bonchev–Trinajstić information content (AvgIpc) is 2.97. The Balaban J connectivity index is 1.50. The van der Waals surface area contributed by atoms with Crippen molar-refractivity contribution >= 4 is 27.5 Å². The van der Waals surface area contributed by atoms with E-state index >= 15 is 0 Å². The molecule has 0 spiro atoms. The first kappa shape index (κ1) is 13.2. The summed E-state index contributed by atoms with van der Waals surface area (Å²) in [6.45, 7) is 0.337. The first-order valence-corrected chi connectivity index (χ1v) is 8.07. The summed E-state index contributed by atoms with van der Waals surface area (Å²) in [4.78, 5) is 4.32. The third kappa shape index (κ3) is 1.94. The minimum Gasteiger partial charge on any atom is -0.489 e. The van der Waals surface area contributed by atoms with Gasteiger partial charge in [-0.3, -0.25) is 4.40 Å². The summed E-state index contributed by atoms with van der Waals surface area (Å²) in [6, 6.07) is 3.18. The van der Waals surface area contributed by atoms with Gasteiger partial charge in [-0.1, -0.05) is 0 Å². The van der Waals surface area contributed by atoms with Gasteiger partial charge >= 0.3 is 0 Å². The molecule has 1 aromatic carbocycles. The molecule has 5 rings (SSSR count). The highest BCUT2D eigenvalue weighted by atomic mass is 79.9. The van der Waals surface area contributed by atoms with Crippen LogP contribution in [0.15, 0.2) is 29.1 Å². The van der Waals surface area contributed by atoms with Gasteiger partial charge in [-0.2, -0.15) is 0 Å². The Morgan fingerprint density at radius 2 is 2.35 bits per heavy atom. The monoisotopic (exact) mass is 375 g/mol. The van der Waals surface area contributed by atoms with Gasteiger partial charge in [0.25, 0.3) is 0 Å². The average molecular weight is 376 g/mol. The molecule has 0 saturated heterocycles. The van der Waals surface area contributed by atoms with Gasteiger partial charge in [-0.25, -0.2) is 9.37 Å². The van der Waals surface area contributed by atoms with E-state index in [1.54, 1.807) is 23.0 Å². The van der Waals surface area contributed by atoms with E-state index in [0.29, 0.717) is 29.6 Å². The van der Waals surface area contributed by atoms with Crippen LogP contribution in [-0.4, -0.2) is 25.7 Å². The van der Waals surface area contributed by atoms with E-state index in [4.69, 9.17) is 4.74 Å². The second-order valence-corrected chi connectivity index (χ2v) is 6.60. The largest absolute Gasteiger partial charge is 0.489 e. The van der Waals surface area contributed by atoms with Crippen LogP contribution >= 0.6 is 15.9 Å². The number of hydrogen-bond acceptors (Lipinski definition) is 5. The van der Waals surface area contributed by atoms with Crippen LogP contribution in [0, 0.1) is 5.82 Å². The number of halogens is 2. The number of rotatable bonds is 3. The quantitative estimate of drug-likeness (QED) is 0.762. The van der Waals surface area contributed by atoms with Gasteiger partial charge < -0.3 is 10.1 Å². The smallest absolute Gasteiger partial charge is 0.210 e. The summed E-state index contributed by atoms with van der Waals surface area (Å²) >= 11 is 3.38. The highest BCUT2D eigenvalue weighted by Crippen LogP contribution is 2.55. The van der Waals surface area contributed by atoms with E-state index in [9.17, 15) is 4.39 Å². The maximum absolute atomic E-state index is 14.3. The Bertz CT molecular complexity index is 943. The summed E-state index contributed by atoms with van der Waals surface area (Å²) in [6.07, 6.45) is 4.44. The first-order chi connectivity index (χ1) is 11.2. The molecular weight excluding hydrogens is 365 g/mol. The van der Waals surface area contributed by atoms with E-state index < -0.39 is 0 Å². The molecule has 1 aliphatic carbocycles. The molecular formula is C15H11BrFN5O. The molecule has 1 fully saturated rings. The lowest BCUT2D eigenvalue weighted by atomic mass is 10.0. The zero-order valence-corrected chi connectivity index (χ0v) is 13.4. The molecule has 1 aliphatic heterocycles. The van der Waals surface area contributed by atoms with Crippen LogP contribution in [0.2, 0.25) is 0 Å². The number of aromatic nitrogens is 4. The maximum Gasteiger partial charge on any atom is 0.210 e. The van der Waals surface area contributed by atoms with Crippen molar-refractivity contribution in [3.63, 3.8) is 0 Å². The SMILES string of the molecule is Fc1ccc2c(c1CNc1ncc(Br)c3nncn13)[C@@H]1C[C@@H]1O2. The fourth-order valence-electron chi connectivity index (χ4n) is 3.16. The standard InChI is InChI=1S/C15H11BrFN5O/c16-9-5-19-15(22-6-20-21-14(9)22)18-4-8-10(17)1-2-11-13(8)7-3-12(7)23-11/h1-2,5-7,12H,3-4H2,(H,18,19)/t7-,12+/m1/s1. The Morgan fingerprint density at radius 3 is 3.26 bits per heavy atom. The van der Waals surface area contributed by atoms with Gasteiger partial charge in [-0.15, -0.1) is 10.2 Å². The number of nitrogens with one attached hydrogen (secondary N) is 1. The van der Waals surface area contributed by atoms with Crippen molar-refractivity contribution in [3.8, 4) is 5.75 Å². The predicted octanol–water partition coefficient (Wildman–Crippen LogP) is 2.89. The molecule has 3 aromatic rings. The van der Waals surface area contributed by atoms with Gasteiger partial charge in [0.2, 0.25) is 5.95 Å². The molecule has 2 atom stereocenters. The molecule has 6 nitrogen and oxygen atoms in total. The Morgan fingerprint density at radius 1 is 1.43 bits per heavy atom. The van der Waals surface area contributed by atoms with Crippen molar-refractivity contribution < 1.29 is 9.13 Å². The van der Waals surface area contributed by atoms with Crippen molar-refractivity contribution in [2.24, 2.45) is 0 Å². The zero-order valence-electron chi connectivity index (χ0n) is 11.8. The summed E-state index contributed by atoms with van der Waals surface area (Å²) in [7, 11) is 0. The lowest BCUT2D eigenvalue weighted by Crippen LogP contribution is -2.09.